The smallest absolute Gasteiger partial charge is 0.258 e. The summed E-state index contributed by atoms with van der Waals surface area (Å²) in [6.07, 6.45) is 0. The number of nitro benzene ring substituents is 1. The summed E-state index contributed by atoms with van der Waals surface area (Å²) in [7, 11) is -3.88. The highest BCUT2D eigenvalue weighted by atomic mass is 32.2. The van der Waals surface area contributed by atoms with Crippen molar-refractivity contribution >= 4 is 21.4 Å². The van der Waals surface area contributed by atoms with Crippen molar-refractivity contribution < 1.29 is 13.3 Å². The Labute approximate surface area is 122 Å². The van der Waals surface area contributed by atoms with Crippen LogP contribution in [0.2, 0.25) is 0 Å². The largest absolute Gasteiger partial charge is 0.282 e. The number of rotatable bonds is 4. The number of benzene rings is 2. The molecule has 2 aromatic rings. The Morgan fingerprint density at radius 2 is 1.62 bits per heavy atom. The van der Waals surface area contributed by atoms with E-state index in [-0.39, 0.29) is 10.6 Å². The molecule has 0 N–H and O–H groups in total. The van der Waals surface area contributed by atoms with Crippen LogP contribution in [0.4, 0.5) is 5.69 Å². The maximum absolute atomic E-state index is 12.1. The Kier molecular flexibility index (Phi) is 4.13. The number of hydrogen-bond acceptors (Lipinski definition) is 4. The lowest BCUT2D eigenvalue weighted by Gasteiger charge is -2.02. The molecule has 0 aliphatic carbocycles. The van der Waals surface area contributed by atoms with Crippen molar-refractivity contribution in [3.05, 3.63) is 70.3 Å². The number of nitro groups is 1. The molecule has 6 nitrogen and oxygen atoms in total. The molecule has 0 aliphatic heterocycles. The van der Waals surface area contributed by atoms with Crippen molar-refractivity contribution in [3.8, 4) is 0 Å². The van der Waals surface area contributed by atoms with Crippen LogP contribution in [-0.4, -0.2) is 19.1 Å². The normalized spacial score (nSPS) is 12.1. The SMILES string of the molecule is CC(=NS(=O)(=O)c1ccc([N+](=O)[O-])cc1)c1ccccc1. The van der Waals surface area contributed by atoms with Crippen LogP contribution in [0, 0.1) is 10.1 Å². The van der Waals surface area contributed by atoms with Crippen molar-refractivity contribution in [1.82, 2.24) is 0 Å². The average molecular weight is 304 g/mol. The first kappa shape index (κ1) is 14.9. The molecule has 108 valence electrons. The second-order valence-electron chi connectivity index (χ2n) is 4.27. The minimum atomic E-state index is -3.88. The van der Waals surface area contributed by atoms with Gasteiger partial charge in [-0.3, -0.25) is 10.1 Å². The van der Waals surface area contributed by atoms with E-state index >= 15 is 0 Å². The first-order chi connectivity index (χ1) is 9.90. The Morgan fingerprint density at radius 1 is 1.05 bits per heavy atom. The molecule has 0 amide bonds. The zero-order valence-electron chi connectivity index (χ0n) is 11.1. The minimum absolute atomic E-state index is 0.0802. The molecule has 0 aliphatic rings. The van der Waals surface area contributed by atoms with Crippen molar-refractivity contribution in [1.29, 1.82) is 0 Å². The third-order valence-corrected chi connectivity index (χ3v) is 4.18. The van der Waals surface area contributed by atoms with Crippen LogP contribution >= 0.6 is 0 Å². The van der Waals surface area contributed by atoms with E-state index in [0.717, 1.165) is 12.1 Å². The molecule has 0 bridgehead atoms. The molecule has 2 aromatic carbocycles. The van der Waals surface area contributed by atoms with Crippen molar-refractivity contribution in [2.24, 2.45) is 4.40 Å². The van der Waals surface area contributed by atoms with Gasteiger partial charge in [-0.15, -0.1) is 0 Å². The van der Waals surface area contributed by atoms with Gasteiger partial charge in [-0.25, -0.2) is 0 Å². The fourth-order valence-electron chi connectivity index (χ4n) is 1.70. The van der Waals surface area contributed by atoms with Crippen molar-refractivity contribution in [2.75, 3.05) is 0 Å². The summed E-state index contributed by atoms with van der Waals surface area (Å²) >= 11 is 0. The van der Waals surface area contributed by atoms with Gasteiger partial charge in [0.05, 0.1) is 15.5 Å². The highest BCUT2D eigenvalue weighted by Crippen LogP contribution is 2.18. The van der Waals surface area contributed by atoms with Crippen LogP contribution in [0.3, 0.4) is 0 Å². The Bertz CT molecular complexity index is 781. The van der Waals surface area contributed by atoms with E-state index in [1.165, 1.54) is 12.1 Å². The molecule has 0 saturated heterocycles. The lowest BCUT2D eigenvalue weighted by Crippen LogP contribution is -2.03. The molecular formula is C14H12N2O4S. The van der Waals surface area contributed by atoms with Crippen LogP contribution in [0.15, 0.2) is 63.9 Å². The van der Waals surface area contributed by atoms with Crippen LogP contribution in [0.1, 0.15) is 12.5 Å². The van der Waals surface area contributed by atoms with E-state index < -0.39 is 14.9 Å². The van der Waals surface area contributed by atoms with Crippen molar-refractivity contribution in [2.45, 2.75) is 11.8 Å². The van der Waals surface area contributed by atoms with Crippen LogP contribution in [-0.2, 0) is 10.0 Å². The second kappa shape index (κ2) is 5.84. The van der Waals surface area contributed by atoms with Crippen LogP contribution in [0.25, 0.3) is 0 Å². The number of nitrogens with zero attached hydrogens (tertiary/aromatic N) is 2. The van der Waals surface area contributed by atoms with E-state index in [0.29, 0.717) is 11.3 Å². The molecular weight excluding hydrogens is 292 g/mol. The van der Waals surface area contributed by atoms with Gasteiger partial charge in [0.15, 0.2) is 0 Å². The lowest BCUT2D eigenvalue weighted by molar-refractivity contribution is -0.384. The Hall–Kier alpha value is -2.54. The Morgan fingerprint density at radius 3 is 2.14 bits per heavy atom. The molecule has 0 saturated carbocycles. The Balaban J connectivity index is 2.36. The van der Waals surface area contributed by atoms with E-state index in [4.69, 9.17) is 0 Å². The summed E-state index contributed by atoms with van der Waals surface area (Å²) in [4.78, 5) is 9.88. The van der Waals surface area contributed by atoms with Gasteiger partial charge >= 0.3 is 0 Å². The van der Waals surface area contributed by atoms with Crippen LogP contribution in [0.5, 0.6) is 0 Å². The van der Waals surface area contributed by atoms with Crippen LogP contribution < -0.4 is 0 Å². The molecule has 0 atom stereocenters. The topological polar surface area (TPSA) is 89.6 Å². The first-order valence-corrected chi connectivity index (χ1v) is 7.45. The van der Waals surface area contributed by atoms with Gasteiger partial charge in [0, 0.05) is 12.1 Å². The summed E-state index contributed by atoms with van der Waals surface area (Å²) < 4.78 is 28.0. The summed E-state index contributed by atoms with van der Waals surface area (Å²) in [6, 6.07) is 13.5. The maximum atomic E-state index is 12.1. The number of sulfonamides is 1. The van der Waals surface area contributed by atoms with E-state index in [1.807, 2.05) is 6.07 Å². The molecule has 21 heavy (non-hydrogen) atoms. The zero-order valence-corrected chi connectivity index (χ0v) is 11.9. The first-order valence-electron chi connectivity index (χ1n) is 6.01. The third-order valence-electron chi connectivity index (χ3n) is 2.79. The molecule has 0 heterocycles. The molecule has 7 heteroatoms. The van der Waals surface area contributed by atoms with E-state index in [1.54, 1.807) is 31.2 Å². The van der Waals surface area contributed by atoms with E-state index in [2.05, 4.69) is 4.40 Å². The number of hydrogen-bond donors (Lipinski definition) is 0. The van der Waals surface area contributed by atoms with Gasteiger partial charge < -0.3 is 0 Å². The monoisotopic (exact) mass is 304 g/mol. The summed E-state index contributed by atoms with van der Waals surface area (Å²) in [5.41, 5.74) is 0.884. The molecule has 2 rings (SSSR count). The van der Waals surface area contributed by atoms with Crippen molar-refractivity contribution in [3.63, 3.8) is 0 Å². The fourth-order valence-corrected chi connectivity index (χ4v) is 2.76. The second-order valence-corrected chi connectivity index (χ2v) is 5.87. The molecule has 0 unspecified atom stereocenters. The van der Waals surface area contributed by atoms with Gasteiger partial charge in [-0.05, 0) is 24.6 Å². The fraction of sp³-hybridized carbons (Fsp3) is 0.0714. The van der Waals surface area contributed by atoms with Gasteiger partial charge in [0.1, 0.15) is 0 Å². The zero-order chi connectivity index (χ0) is 15.5. The molecule has 0 radical (unpaired) electrons. The standard InChI is InChI=1S/C14H12N2O4S/c1-11(12-5-3-2-4-6-12)15-21(19,20)14-9-7-13(8-10-14)16(17)18/h2-10H,1H3. The quantitative estimate of drug-likeness (QED) is 0.493. The molecule has 0 fully saturated rings. The van der Waals surface area contributed by atoms with E-state index in [9.17, 15) is 18.5 Å². The predicted molar refractivity (Wildman–Crippen MR) is 78.9 cm³/mol. The van der Waals surface area contributed by atoms with Gasteiger partial charge in [0.2, 0.25) is 0 Å². The summed E-state index contributed by atoms with van der Waals surface area (Å²) in [5.74, 6) is 0. The number of non-ortho nitro benzene ring substituents is 1. The highest BCUT2D eigenvalue weighted by Gasteiger charge is 2.15. The summed E-state index contributed by atoms with van der Waals surface area (Å²) in [5, 5.41) is 10.6. The summed E-state index contributed by atoms with van der Waals surface area (Å²) in [6.45, 7) is 1.60. The molecule has 0 aromatic heterocycles. The highest BCUT2D eigenvalue weighted by molar-refractivity contribution is 7.90. The predicted octanol–water partition coefficient (Wildman–Crippen LogP) is 2.79. The lowest BCUT2D eigenvalue weighted by atomic mass is 10.1. The maximum Gasteiger partial charge on any atom is 0.282 e. The average Bonchev–Trinajstić information content (AvgIpc) is 2.48. The van der Waals surface area contributed by atoms with Gasteiger partial charge in [-0.2, -0.15) is 12.8 Å². The minimum Gasteiger partial charge on any atom is -0.258 e. The molecule has 0 spiro atoms. The van der Waals surface area contributed by atoms with Gasteiger partial charge in [-0.1, -0.05) is 30.3 Å². The van der Waals surface area contributed by atoms with Gasteiger partial charge in [0.25, 0.3) is 15.7 Å². The third kappa shape index (κ3) is 3.51.